The van der Waals surface area contributed by atoms with Crippen molar-refractivity contribution in [3.63, 3.8) is 0 Å². The van der Waals surface area contributed by atoms with Crippen molar-refractivity contribution >= 4 is 29.4 Å². The highest BCUT2D eigenvalue weighted by Crippen LogP contribution is 2.37. The Kier molecular flexibility index (Phi) is 5.95. The topological polar surface area (TPSA) is 25.8 Å². The highest BCUT2D eigenvalue weighted by atomic mass is 28.3. The Morgan fingerprint density at radius 1 is 0.465 bits per heavy atom. The standard InChI is InChI=1S/C40H30N2Si/c1-43(2)36-24-9-8-22-35(36)37-38(28-14-4-3-5-15-28)41-39(42-40(37)43)32-20-11-18-30(26-32)29-17-10-19-31(25-29)34-23-12-16-27-13-6-7-21-33(27)34/h3-26H,1-2H3. The molecule has 204 valence electrons. The minimum Gasteiger partial charge on any atom is -0.237 e. The van der Waals surface area contributed by atoms with Crippen molar-refractivity contribution in [2.45, 2.75) is 13.1 Å². The summed E-state index contributed by atoms with van der Waals surface area (Å²) in [4.78, 5) is 10.7. The maximum absolute atomic E-state index is 5.36. The van der Waals surface area contributed by atoms with Gasteiger partial charge in [-0.2, -0.15) is 0 Å². The van der Waals surface area contributed by atoms with Crippen molar-refractivity contribution in [2.75, 3.05) is 0 Å². The van der Waals surface area contributed by atoms with Crippen LogP contribution in [0, 0.1) is 0 Å². The number of fused-ring (bicyclic) bond motifs is 4. The first kappa shape index (κ1) is 25.6. The van der Waals surface area contributed by atoms with E-state index in [1.165, 1.54) is 49.1 Å². The van der Waals surface area contributed by atoms with Gasteiger partial charge in [-0.25, -0.2) is 9.97 Å². The molecule has 1 aliphatic rings. The molecule has 3 heteroatoms. The molecular weight excluding hydrogens is 537 g/mol. The van der Waals surface area contributed by atoms with Crippen LogP contribution in [-0.4, -0.2) is 18.0 Å². The van der Waals surface area contributed by atoms with Crippen LogP contribution < -0.4 is 10.5 Å². The van der Waals surface area contributed by atoms with Crippen molar-refractivity contribution in [1.82, 2.24) is 9.97 Å². The minimum atomic E-state index is -2.01. The van der Waals surface area contributed by atoms with E-state index in [0.717, 1.165) is 28.2 Å². The summed E-state index contributed by atoms with van der Waals surface area (Å²) in [6.45, 7) is 4.83. The van der Waals surface area contributed by atoms with Gasteiger partial charge in [0, 0.05) is 22.0 Å². The second-order valence-electron chi connectivity index (χ2n) is 11.8. The first-order valence-electron chi connectivity index (χ1n) is 14.8. The van der Waals surface area contributed by atoms with Gasteiger partial charge in [-0.3, -0.25) is 0 Å². The molecule has 6 aromatic carbocycles. The van der Waals surface area contributed by atoms with E-state index in [1.54, 1.807) is 0 Å². The van der Waals surface area contributed by atoms with Crippen LogP contribution in [0.5, 0.6) is 0 Å². The van der Waals surface area contributed by atoms with Crippen LogP contribution in [0.2, 0.25) is 13.1 Å². The van der Waals surface area contributed by atoms with Crippen molar-refractivity contribution in [3.8, 4) is 56.0 Å². The van der Waals surface area contributed by atoms with Crippen molar-refractivity contribution in [3.05, 3.63) is 146 Å². The Bertz CT molecular complexity index is 2160. The van der Waals surface area contributed by atoms with Crippen molar-refractivity contribution in [1.29, 1.82) is 0 Å². The molecule has 8 rings (SSSR count). The lowest BCUT2D eigenvalue weighted by Crippen LogP contribution is -2.50. The average Bonchev–Trinajstić information content (AvgIpc) is 3.31. The molecule has 0 spiro atoms. The van der Waals surface area contributed by atoms with Crippen LogP contribution in [-0.2, 0) is 0 Å². The SMILES string of the molecule is C[Si]1(C)c2ccccc2-c2c(-c3ccccc3)nc(-c3cccc(-c4cccc(-c5cccc6ccccc56)c4)c3)nc21. The van der Waals surface area contributed by atoms with Gasteiger partial charge in [0.15, 0.2) is 5.82 Å². The third kappa shape index (κ3) is 4.24. The summed E-state index contributed by atoms with van der Waals surface area (Å²) in [5.41, 5.74) is 10.5. The number of benzene rings is 6. The van der Waals surface area contributed by atoms with Gasteiger partial charge in [0.1, 0.15) is 8.07 Å². The lowest BCUT2D eigenvalue weighted by atomic mass is 9.94. The average molecular weight is 567 g/mol. The molecule has 2 nitrogen and oxygen atoms in total. The molecule has 0 radical (unpaired) electrons. The van der Waals surface area contributed by atoms with Gasteiger partial charge >= 0.3 is 0 Å². The Labute approximate surface area is 253 Å². The molecule has 0 fully saturated rings. The number of hydrogen-bond donors (Lipinski definition) is 0. The second kappa shape index (κ2) is 10.0. The second-order valence-corrected chi connectivity index (χ2v) is 16.1. The minimum absolute atomic E-state index is 0.790. The lowest BCUT2D eigenvalue weighted by Gasteiger charge is -2.19. The Morgan fingerprint density at radius 3 is 1.88 bits per heavy atom. The maximum atomic E-state index is 5.36. The van der Waals surface area contributed by atoms with E-state index < -0.39 is 8.07 Å². The van der Waals surface area contributed by atoms with Crippen LogP contribution in [0.1, 0.15) is 0 Å². The summed E-state index contributed by atoms with van der Waals surface area (Å²) in [6.07, 6.45) is 0. The van der Waals surface area contributed by atoms with E-state index in [2.05, 4.69) is 159 Å². The van der Waals surface area contributed by atoms with Gasteiger partial charge in [-0.15, -0.1) is 0 Å². The molecule has 2 heterocycles. The number of aromatic nitrogens is 2. The van der Waals surface area contributed by atoms with Crippen LogP contribution in [0.15, 0.2) is 146 Å². The number of hydrogen-bond acceptors (Lipinski definition) is 2. The summed E-state index contributed by atoms with van der Waals surface area (Å²) in [5.74, 6) is 0.790. The van der Waals surface area contributed by atoms with Crippen LogP contribution in [0.3, 0.4) is 0 Å². The fraction of sp³-hybridized carbons (Fsp3) is 0.0500. The van der Waals surface area contributed by atoms with Gasteiger partial charge in [-0.1, -0.05) is 147 Å². The smallest absolute Gasteiger partial charge is 0.159 e. The quantitative estimate of drug-likeness (QED) is 0.199. The number of nitrogens with zero attached hydrogens (tertiary/aromatic N) is 2. The summed E-state index contributed by atoms with van der Waals surface area (Å²) >= 11 is 0. The van der Waals surface area contributed by atoms with Crippen LogP contribution in [0.4, 0.5) is 0 Å². The largest absolute Gasteiger partial charge is 0.237 e. The molecule has 0 N–H and O–H groups in total. The summed E-state index contributed by atoms with van der Waals surface area (Å²) in [6, 6.07) is 52.1. The predicted octanol–water partition coefficient (Wildman–Crippen LogP) is 9.10. The molecule has 1 aromatic heterocycles. The molecule has 0 unspecified atom stereocenters. The van der Waals surface area contributed by atoms with Gasteiger partial charge in [-0.05, 0) is 55.9 Å². The van der Waals surface area contributed by atoms with Crippen LogP contribution in [0.25, 0.3) is 66.8 Å². The Morgan fingerprint density at radius 2 is 1.05 bits per heavy atom. The monoisotopic (exact) mass is 566 g/mol. The van der Waals surface area contributed by atoms with E-state index in [4.69, 9.17) is 9.97 Å². The van der Waals surface area contributed by atoms with E-state index in [-0.39, 0.29) is 0 Å². The summed E-state index contributed by atoms with van der Waals surface area (Å²) in [5, 5.41) is 5.18. The van der Waals surface area contributed by atoms with Gasteiger partial charge < -0.3 is 0 Å². The Balaban J connectivity index is 1.27. The fourth-order valence-corrected chi connectivity index (χ4v) is 9.57. The third-order valence-corrected chi connectivity index (χ3v) is 12.2. The van der Waals surface area contributed by atoms with Crippen molar-refractivity contribution < 1.29 is 0 Å². The molecule has 7 aromatic rings. The Hall–Kier alpha value is -5.12. The number of rotatable bonds is 4. The summed E-state index contributed by atoms with van der Waals surface area (Å²) in [7, 11) is -2.01. The van der Waals surface area contributed by atoms with E-state index in [9.17, 15) is 0 Å². The highest BCUT2D eigenvalue weighted by Gasteiger charge is 2.41. The molecule has 1 aliphatic heterocycles. The van der Waals surface area contributed by atoms with Gasteiger partial charge in [0.2, 0.25) is 0 Å². The summed E-state index contributed by atoms with van der Waals surface area (Å²) < 4.78 is 0. The molecule has 43 heavy (non-hydrogen) atoms. The van der Waals surface area contributed by atoms with Gasteiger partial charge in [0.05, 0.1) is 5.69 Å². The first-order chi connectivity index (χ1) is 21.1. The third-order valence-electron chi connectivity index (χ3n) is 8.84. The van der Waals surface area contributed by atoms with E-state index >= 15 is 0 Å². The molecule has 0 saturated carbocycles. The fourth-order valence-electron chi connectivity index (χ4n) is 6.66. The molecule has 0 atom stereocenters. The maximum Gasteiger partial charge on any atom is 0.159 e. The van der Waals surface area contributed by atoms with Crippen molar-refractivity contribution in [2.24, 2.45) is 0 Å². The lowest BCUT2D eigenvalue weighted by molar-refractivity contribution is 1.21. The van der Waals surface area contributed by atoms with E-state index in [1.807, 2.05) is 0 Å². The molecular formula is C40H30N2Si. The van der Waals surface area contributed by atoms with Crippen LogP contribution >= 0.6 is 0 Å². The molecule has 0 saturated heterocycles. The predicted molar refractivity (Wildman–Crippen MR) is 183 cm³/mol. The zero-order valence-electron chi connectivity index (χ0n) is 24.3. The zero-order chi connectivity index (χ0) is 29.0. The molecule has 0 bridgehead atoms. The normalized spacial score (nSPS) is 13.1. The molecule has 0 aliphatic carbocycles. The molecule has 0 amide bonds. The van der Waals surface area contributed by atoms with Gasteiger partial charge in [0.25, 0.3) is 0 Å². The first-order valence-corrected chi connectivity index (χ1v) is 17.8. The van der Waals surface area contributed by atoms with E-state index in [0.29, 0.717) is 0 Å². The zero-order valence-corrected chi connectivity index (χ0v) is 25.3. The highest BCUT2D eigenvalue weighted by molar-refractivity contribution is 7.03.